The van der Waals surface area contributed by atoms with E-state index in [4.69, 9.17) is 4.74 Å². The Morgan fingerprint density at radius 3 is 2.41 bits per heavy atom. The molecule has 0 radical (unpaired) electrons. The van der Waals surface area contributed by atoms with Gasteiger partial charge in [0.2, 0.25) is 5.91 Å². The first-order valence-corrected chi connectivity index (χ1v) is 8.80. The number of esters is 1. The van der Waals surface area contributed by atoms with E-state index in [0.29, 0.717) is 11.3 Å². The number of nitro groups is 1. The van der Waals surface area contributed by atoms with Crippen LogP contribution in [0.4, 0.5) is 11.4 Å². The van der Waals surface area contributed by atoms with E-state index in [1.165, 1.54) is 17.9 Å². The Morgan fingerprint density at radius 2 is 1.79 bits per heavy atom. The average molecular weight is 399 g/mol. The summed E-state index contributed by atoms with van der Waals surface area (Å²) in [4.78, 5) is 48.2. The summed E-state index contributed by atoms with van der Waals surface area (Å²) in [6.07, 6.45) is 0. The summed E-state index contributed by atoms with van der Waals surface area (Å²) in [6.45, 7) is 3.41. The highest BCUT2D eigenvalue weighted by atomic mass is 16.6. The fourth-order valence-corrected chi connectivity index (χ4v) is 2.52. The zero-order valence-electron chi connectivity index (χ0n) is 16.3. The lowest BCUT2D eigenvalue weighted by atomic mass is 10.1. The molecule has 152 valence electrons. The summed E-state index contributed by atoms with van der Waals surface area (Å²) in [5.74, 6) is -1.52. The molecular weight excluding hydrogens is 378 g/mol. The normalized spacial score (nSPS) is 10.2. The third-order valence-corrected chi connectivity index (χ3v) is 4.11. The zero-order valence-corrected chi connectivity index (χ0v) is 16.3. The van der Waals surface area contributed by atoms with Crippen molar-refractivity contribution in [1.82, 2.24) is 4.90 Å². The van der Waals surface area contributed by atoms with Gasteiger partial charge in [-0.2, -0.15) is 0 Å². The van der Waals surface area contributed by atoms with Crippen LogP contribution in [0.3, 0.4) is 0 Å². The molecule has 29 heavy (non-hydrogen) atoms. The second-order valence-electron chi connectivity index (χ2n) is 6.23. The molecule has 0 saturated heterocycles. The minimum atomic E-state index is -0.756. The molecule has 9 heteroatoms. The molecule has 0 saturated carbocycles. The van der Waals surface area contributed by atoms with Gasteiger partial charge < -0.3 is 15.0 Å². The number of amides is 2. The van der Waals surface area contributed by atoms with Gasteiger partial charge in [-0.1, -0.05) is 18.2 Å². The van der Waals surface area contributed by atoms with Crippen LogP contribution in [0.1, 0.15) is 40.1 Å². The van der Waals surface area contributed by atoms with E-state index in [2.05, 4.69) is 5.32 Å². The Morgan fingerprint density at radius 1 is 1.14 bits per heavy atom. The van der Waals surface area contributed by atoms with Gasteiger partial charge in [0, 0.05) is 43.9 Å². The van der Waals surface area contributed by atoms with Crippen LogP contribution in [0.2, 0.25) is 0 Å². The van der Waals surface area contributed by atoms with Crippen molar-refractivity contribution in [3.8, 4) is 0 Å². The van der Waals surface area contributed by atoms with Crippen molar-refractivity contribution in [3.63, 3.8) is 0 Å². The number of rotatable bonds is 7. The first kappa shape index (κ1) is 21.5. The first-order chi connectivity index (χ1) is 13.7. The SMILES string of the molecule is CCOC(=O)c1cc(C(=O)Nc2ccccc2CN(C)C(C)=O)cc([N+](=O)[O-])c1. The Balaban J connectivity index is 2.35. The summed E-state index contributed by atoms with van der Waals surface area (Å²) in [5.41, 5.74) is 0.600. The van der Waals surface area contributed by atoms with Crippen LogP contribution in [-0.2, 0) is 16.1 Å². The Kier molecular flexibility index (Phi) is 7.02. The minimum absolute atomic E-state index is 0.0584. The third kappa shape index (κ3) is 5.61. The van der Waals surface area contributed by atoms with E-state index in [-0.39, 0.29) is 30.2 Å². The van der Waals surface area contributed by atoms with Crippen molar-refractivity contribution in [2.75, 3.05) is 19.0 Å². The summed E-state index contributed by atoms with van der Waals surface area (Å²) < 4.78 is 4.87. The molecule has 1 N–H and O–H groups in total. The summed E-state index contributed by atoms with van der Waals surface area (Å²) in [6, 6.07) is 10.3. The van der Waals surface area contributed by atoms with E-state index in [1.807, 2.05) is 0 Å². The van der Waals surface area contributed by atoms with Crippen molar-refractivity contribution in [2.45, 2.75) is 20.4 Å². The second kappa shape index (κ2) is 9.45. The number of hydrogen-bond donors (Lipinski definition) is 1. The number of nitrogens with one attached hydrogen (secondary N) is 1. The number of para-hydroxylation sites is 1. The van der Waals surface area contributed by atoms with Crippen molar-refractivity contribution in [3.05, 3.63) is 69.3 Å². The van der Waals surface area contributed by atoms with Crippen LogP contribution < -0.4 is 5.32 Å². The first-order valence-electron chi connectivity index (χ1n) is 8.80. The fourth-order valence-electron chi connectivity index (χ4n) is 2.52. The maximum absolute atomic E-state index is 12.7. The molecule has 0 bridgehead atoms. The number of ether oxygens (including phenoxy) is 1. The number of carbonyl (C=O) groups is 3. The van der Waals surface area contributed by atoms with Gasteiger partial charge in [0.15, 0.2) is 0 Å². The van der Waals surface area contributed by atoms with E-state index in [0.717, 1.165) is 12.1 Å². The maximum atomic E-state index is 12.7. The van der Waals surface area contributed by atoms with Gasteiger partial charge in [0.05, 0.1) is 17.1 Å². The summed E-state index contributed by atoms with van der Waals surface area (Å²) in [7, 11) is 1.63. The van der Waals surface area contributed by atoms with Crippen LogP contribution in [0.15, 0.2) is 42.5 Å². The number of carbonyl (C=O) groups excluding carboxylic acids is 3. The van der Waals surface area contributed by atoms with Crippen LogP contribution in [-0.4, -0.2) is 41.3 Å². The highest BCUT2D eigenvalue weighted by molar-refractivity contribution is 6.06. The lowest BCUT2D eigenvalue weighted by Gasteiger charge is -2.18. The lowest BCUT2D eigenvalue weighted by molar-refractivity contribution is -0.384. The van der Waals surface area contributed by atoms with Crippen LogP contribution in [0.5, 0.6) is 0 Å². The van der Waals surface area contributed by atoms with E-state index < -0.39 is 22.5 Å². The second-order valence-corrected chi connectivity index (χ2v) is 6.23. The quantitative estimate of drug-likeness (QED) is 0.434. The fraction of sp³-hybridized carbons (Fsp3) is 0.250. The van der Waals surface area contributed by atoms with E-state index >= 15 is 0 Å². The zero-order chi connectivity index (χ0) is 21.6. The van der Waals surface area contributed by atoms with Gasteiger partial charge >= 0.3 is 5.97 Å². The smallest absolute Gasteiger partial charge is 0.338 e. The molecule has 0 aliphatic heterocycles. The molecule has 2 amide bonds. The lowest BCUT2D eigenvalue weighted by Crippen LogP contribution is -2.24. The minimum Gasteiger partial charge on any atom is -0.462 e. The number of non-ortho nitro benzene ring substituents is 1. The van der Waals surface area contributed by atoms with Crippen molar-refractivity contribution < 1.29 is 24.0 Å². The highest BCUT2D eigenvalue weighted by Gasteiger charge is 2.19. The molecule has 0 aliphatic carbocycles. The van der Waals surface area contributed by atoms with Gasteiger partial charge in [0.1, 0.15) is 0 Å². The molecule has 0 fully saturated rings. The van der Waals surface area contributed by atoms with Gasteiger partial charge in [-0.3, -0.25) is 19.7 Å². The van der Waals surface area contributed by atoms with E-state index in [9.17, 15) is 24.5 Å². The highest BCUT2D eigenvalue weighted by Crippen LogP contribution is 2.22. The van der Waals surface area contributed by atoms with Crippen LogP contribution in [0, 0.1) is 10.1 Å². The number of anilines is 1. The van der Waals surface area contributed by atoms with Crippen molar-refractivity contribution in [2.24, 2.45) is 0 Å². The maximum Gasteiger partial charge on any atom is 0.338 e. The Bertz CT molecular complexity index is 957. The summed E-state index contributed by atoms with van der Waals surface area (Å²) >= 11 is 0. The van der Waals surface area contributed by atoms with E-state index in [1.54, 1.807) is 38.2 Å². The number of nitro benzene ring substituents is 1. The van der Waals surface area contributed by atoms with Crippen molar-refractivity contribution in [1.29, 1.82) is 0 Å². The third-order valence-electron chi connectivity index (χ3n) is 4.11. The molecule has 0 atom stereocenters. The number of benzene rings is 2. The molecule has 0 aliphatic rings. The molecule has 0 unspecified atom stereocenters. The predicted octanol–water partition coefficient (Wildman–Crippen LogP) is 3.00. The largest absolute Gasteiger partial charge is 0.462 e. The van der Waals surface area contributed by atoms with Crippen molar-refractivity contribution >= 4 is 29.2 Å². The molecule has 0 aromatic heterocycles. The predicted molar refractivity (Wildman–Crippen MR) is 106 cm³/mol. The molecule has 0 spiro atoms. The van der Waals surface area contributed by atoms with Gasteiger partial charge in [0.25, 0.3) is 11.6 Å². The van der Waals surface area contributed by atoms with Gasteiger partial charge in [-0.05, 0) is 24.6 Å². The van der Waals surface area contributed by atoms with Crippen LogP contribution in [0.25, 0.3) is 0 Å². The monoisotopic (exact) mass is 399 g/mol. The molecule has 2 aromatic carbocycles. The average Bonchev–Trinajstić information content (AvgIpc) is 2.69. The van der Waals surface area contributed by atoms with Gasteiger partial charge in [-0.15, -0.1) is 0 Å². The standard InChI is InChI=1S/C20H21N3O6/c1-4-29-20(26)16-9-15(10-17(11-16)23(27)28)19(25)21-18-8-6-5-7-14(18)12-22(3)13(2)24/h5-11H,4,12H2,1-3H3,(H,21,25). The molecule has 9 nitrogen and oxygen atoms in total. The number of nitrogens with zero attached hydrogens (tertiary/aromatic N) is 2. The topological polar surface area (TPSA) is 119 Å². The van der Waals surface area contributed by atoms with Crippen LogP contribution >= 0.6 is 0 Å². The Hall–Kier alpha value is -3.75. The molecular formula is C20H21N3O6. The molecule has 2 aromatic rings. The number of hydrogen-bond acceptors (Lipinski definition) is 6. The summed E-state index contributed by atoms with van der Waals surface area (Å²) in [5, 5.41) is 13.9. The Labute approximate surface area is 167 Å². The van der Waals surface area contributed by atoms with Gasteiger partial charge in [-0.25, -0.2) is 4.79 Å². The molecule has 2 rings (SSSR count). The molecule has 0 heterocycles.